The van der Waals surface area contributed by atoms with Gasteiger partial charge in [-0.2, -0.15) is 0 Å². The van der Waals surface area contributed by atoms with Crippen LogP contribution in [0.3, 0.4) is 0 Å². The van der Waals surface area contributed by atoms with Crippen LogP contribution in [0.5, 0.6) is 0 Å². The molecule has 2 aromatic carbocycles. The number of hydrogen-bond acceptors (Lipinski definition) is 1. The lowest BCUT2D eigenvalue weighted by atomic mass is 9.68. The predicted molar refractivity (Wildman–Crippen MR) is 104 cm³/mol. The molecule has 0 spiro atoms. The molecular weight excluding hydrogens is 308 g/mol. The highest BCUT2D eigenvalue weighted by atomic mass is 16.4. The summed E-state index contributed by atoms with van der Waals surface area (Å²) in [4.78, 5) is 11.3. The highest BCUT2D eigenvalue weighted by Crippen LogP contribution is 2.53. The van der Waals surface area contributed by atoms with Gasteiger partial charge < -0.3 is 5.11 Å². The molecule has 0 bridgehead atoms. The molecule has 0 fully saturated rings. The van der Waals surface area contributed by atoms with Gasteiger partial charge in [-0.25, -0.2) is 0 Å². The zero-order chi connectivity index (χ0) is 18.4. The fourth-order valence-electron chi connectivity index (χ4n) is 4.43. The molecule has 2 nitrogen and oxygen atoms in total. The van der Waals surface area contributed by atoms with Gasteiger partial charge in [0.2, 0.25) is 0 Å². The van der Waals surface area contributed by atoms with Gasteiger partial charge in [-0.1, -0.05) is 76.2 Å². The summed E-state index contributed by atoms with van der Waals surface area (Å²) in [7, 11) is 0. The smallest absolute Gasteiger partial charge is 0.303 e. The van der Waals surface area contributed by atoms with Crippen molar-refractivity contribution in [2.75, 3.05) is 0 Å². The number of carboxylic acid groups (broad SMARTS) is 1. The maximum Gasteiger partial charge on any atom is 0.303 e. The molecule has 0 heterocycles. The van der Waals surface area contributed by atoms with E-state index in [1.54, 1.807) is 0 Å². The normalized spacial score (nSPS) is 22.2. The van der Waals surface area contributed by atoms with Gasteiger partial charge in [0.15, 0.2) is 0 Å². The molecule has 2 heteroatoms. The first-order valence-corrected chi connectivity index (χ1v) is 9.61. The summed E-state index contributed by atoms with van der Waals surface area (Å²) >= 11 is 0. The second-order valence-electron chi connectivity index (χ2n) is 6.30. The highest BCUT2D eigenvalue weighted by Gasteiger charge is 2.42. The Morgan fingerprint density at radius 2 is 1.40 bits per heavy atom. The summed E-state index contributed by atoms with van der Waals surface area (Å²) in [5.41, 5.74) is 5.56. The van der Waals surface area contributed by atoms with E-state index in [1.165, 1.54) is 22.3 Å². The van der Waals surface area contributed by atoms with Crippen LogP contribution in [-0.2, 0) is 17.6 Å². The number of fused-ring (bicyclic) bond motifs is 5. The van der Waals surface area contributed by atoms with Gasteiger partial charge in [0.05, 0.1) is 0 Å². The van der Waals surface area contributed by atoms with Gasteiger partial charge in [0.25, 0.3) is 0 Å². The Morgan fingerprint density at radius 1 is 0.880 bits per heavy atom. The van der Waals surface area contributed by atoms with E-state index in [1.807, 2.05) is 27.7 Å². The van der Waals surface area contributed by atoms with Crippen LogP contribution >= 0.6 is 0 Å². The zero-order valence-corrected chi connectivity index (χ0v) is 15.8. The second-order valence-corrected chi connectivity index (χ2v) is 6.30. The van der Waals surface area contributed by atoms with Crippen LogP contribution in [-0.4, -0.2) is 11.1 Å². The molecule has 0 amide bonds. The van der Waals surface area contributed by atoms with Gasteiger partial charge in [0, 0.05) is 6.42 Å². The first-order valence-electron chi connectivity index (χ1n) is 9.61. The van der Waals surface area contributed by atoms with E-state index in [-0.39, 0.29) is 12.3 Å². The molecule has 0 radical (unpaired) electrons. The van der Waals surface area contributed by atoms with Gasteiger partial charge >= 0.3 is 5.97 Å². The average molecular weight is 338 g/mol. The predicted octanol–water partition coefficient (Wildman–Crippen LogP) is 5.81. The quantitative estimate of drug-likeness (QED) is 0.750. The second kappa shape index (κ2) is 8.84. The Bertz CT molecular complexity index is 705. The minimum absolute atomic E-state index is 0.214. The summed E-state index contributed by atoms with van der Waals surface area (Å²) in [6, 6.07) is 17.2. The summed E-state index contributed by atoms with van der Waals surface area (Å²) < 4.78 is 0. The third kappa shape index (κ3) is 3.78. The van der Waals surface area contributed by atoms with Crippen molar-refractivity contribution >= 4 is 5.97 Å². The van der Waals surface area contributed by atoms with Crippen LogP contribution in [0.15, 0.2) is 48.5 Å². The lowest BCUT2D eigenvalue weighted by Gasteiger charge is -2.35. The van der Waals surface area contributed by atoms with E-state index in [9.17, 15) is 9.90 Å². The van der Waals surface area contributed by atoms with Crippen molar-refractivity contribution in [2.45, 2.75) is 58.8 Å². The number of carboxylic acids is 1. The monoisotopic (exact) mass is 338 g/mol. The van der Waals surface area contributed by atoms with Gasteiger partial charge in [-0.15, -0.1) is 0 Å². The standard InChI is InChI=1S/C19H18O2.2C2H6/c20-18(21)11-14-9-12-5-1-3-7-15(12)17-10-13-6-2-4-8-16(13)19(14)17;2*1-2/h1-8,14,17,19H,9-11H2,(H,20,21);2*1-2H3. The molecule has 2 aliphatic carbocycles. The van der Waals surface area contributed by atoms with Crippen molar-refractivity contribution in [1.29, 1.82) is 0 Å². The fraction of sp³-hybridized carbons (Fsp3) is 0.435. The Balaban J connectivity index is 0.000000528. The van der Waals surface area contributed by atoms with Crippen LogP contribution in [0, 0.1) is 5.92 Å². The summed E-state index contributed by atoms with van der Waals surface area (Å²) in [5.74, 6) is 0.359. The van der Waals surface area contributed by atoms with Crippen molar-refractivity contribution in [2.24, 2.45) is 5.92 Å². The van der Waals surface area contributed by atoms with E-state index in [0.717, 1.165) is 12.8 Å². The number of carbonyl (C=O) groups is 1. The van der Waals surface area contributed by atoms with Gasteiger partial charge in [-0.05, 0) is 52.8 Å². The lowest BCUT2D eigenvalue weighted by molar-refractivity contribution is -0.138. The van der Waals surface area contributed by atoms with Crippen LogP contribution in [0.4, 0.5) is 0 Å². The first-order chi connectivity index (χ1) is 12.2. The summed E-state index contributed by atoms with van der Waals surface area (Å²) in [6.45, 7) is 8.00. The Morgan fingerprint density at radius 3 is 2.00 bits per heavy atom. The van der Waals surface area contributed by atoms with E-state index >= 15 is 0 Å². The Kier molecular flexibility index (Phi) is 6.81. The molecule has 2 aliphatic rings. The van der Waals surface area contributed by atoms with Crippen molar-refractivity contribution in [1.82, 2.24) is 0 Å². The molecule has 2 aromatic rings. The van der Waals surface area contributed by atoms with E-state index < -0.39 is 5.97 Å². The minimum Gasteiger partial charge on any atom is -0.481 e. The highest BCUT2D eigenvalue weighted by molar-refractivity contribution is 5.67. The van der Waals surface area contributed by atoms with Crippen molar-refractivity contribution in [3.63, 3.8) is 0 Å². The van der Waals surface area contributed by atoms with Crippen LogP contribution in [0.1, 0.15) is 68.2 Å². The topological polar surface area (TPSA) is 37.3 Å². The van der Waals surface area contributed by atoms with E-state index in [4.69, 9.17) is 0 Å². The van der Waals surface area contributed by atoms with Crippen molar-refractivity contribution in [3.8, 4) is 0 Å². The largest absolute Gasteiger partial charge is 0.481 e. The number of hydrogen-bond donors (Lipinski definition) is 1. The third-order valence-electron chi connectivity index (χ3n) is 5.17. The summed E-state index contributed by atoms with van der Waals surface area (Å²) in [5, 5.41) is 9.28. The van der Waals surface area contributed by atoms with E-state index in [0.29, 0.717) is 11.8 Å². The molecular formula is C23H30O2. The molecule has 0 aromatic heterocycles. The Labute approximate surface area is 151 Å². The molecule has 0 aliphatic heterocycles. The van der Waals surface area contributed by atoms with Crippen LogP contribution < -0.4 is 0 Å². The zero-order valence-electron chi connectivity index (χ0n) is 15.8. The van der Waals surface area contributed by atoms with Crippen molar-refractivity contribution < 1.29 is 9.90 Å². The SMILES string of the molecule is CC.CC.O=C(O)CC1Cc2ccccc2C2Cc3ccccc3C12. The van der Waals surface area contributed by atoms with Gasteiger partial charge in [-0.3, -0.25) is 4.79 Å². The maximum atomic E-state index is 11.3. The first kappa shape index (κ1) is 19.2. The van der Waals surface area contributed by atoms with E-state index in [2.05, 4.69) is 48.5 Å². The van der Waals surface area contributed by atoms with Crippen LogP contribution in [0.2, 0.25) is 0 Å². The molecule has 3 atom stereocenters. The minimum atomic E-state index is -0.678. The number of benzene rings is 2. The lowest BCUT2D eigenvalue weighted by Crippen LogP contribution is -2.27. The number of rotatable bonds is 2. The van der Waals surface area contributed by atoms with Crippen LogP contribution in [0.25, 0.3) is 0 Å². The molecule has 134 valence electrons. The Hall–Kier alpha value is -2.09. The van der Waals surface area contributed by atoms with Crippen molar-refractivity contribution in [3.05, 3.63) is 70.8 Å². The molecule has 4 rings (SSSR count). The summed E-state index contributed by atoms with van der Waals surface area (Å²) in [6.07, 6.45) is 2.20. The number of aliphatic carboxylic acids is 1. The third-order valence-corrected chi connectivity index (χ3v) is 5.17. The molecule has 1 N–H and O–H groups in total. The fourth-order valence-corrected chi connectivity index (χ4v) is 4.43. The molecule has 0 saturated carbocycles. The molecule has 25 heavy (non-hydrogen) atoms. The molecule has 0 saturated heterocycles. The average Bonchev–Trinajstić information content (AvgIpc) is 3.05. The maximum absolute atomic E-state index is 11.3. The molecule has 3 unspecified atom stereocenters. The van der Waals surface area contributed by atoms with Gasteiger partial charge in [0.1, 0.15) is 0 Å².